The van der Waals surface area contributed by atoms with Gasteiger partial charge in [0.1, 0.15) is 0 Å². The number of halogens is 3. The van der Waals surface area contributed by atoms with Crippen LogP contribution in [0.15, 0.2) is 60.7 Å². The van der Waals surface area contributed by atoms with Gasteiger partial charge in [0.15, 0.2) is 0 Å². The summed E-state index contributed by atoms with van der Waals surface area (Å²) in [6.07, 6.45) is -6.38. The first-order valence-corrected chi connectivity index (χ1v) is 6.92. The van der Waals surface area contributed by atoms with E-state index in [2.05, 4.69) is 0 Å². The third-order valence-corrected chi connectivity index (χ3v) is 3.29. The molecule has 2 nitrogen and oxygen atoms in total. The number of hydrogen-bond acceptors (Lipinski definition) is 2. The Bertz CT molecular complexity index is 516. The first-order chi connectivity index (χ1) is 10.5. The summed E-state index contributed by atoms with van der Waals surface area (Å²) >= 11 is 0. The van der Waals surface area contributed by atoms with E-state index in [0.717, 1.165) is 18.2 Å². The van der Waals surface area contributed by atoms with Crippen molar-refractivity contribution in [2.75, 3.05) is 7.11 Å². The Balaban J connectivity index is 2.23. The van der Waals surface area contributed by atoms with E-state index in [1.54, 1.807) is 24.3 Å². The van der Waals surface area contributed by atoms with Crippen molar-refractivity contribution in [1.82, 2.24) is 4.90 Å². The van der Waals surface area contributed by atoms with Gasteiger partial charge in [0, 0.05) is 20.2 Å². The summed E-state index contributed by atoms with van der Waals surface area (Å²) < 4.78 is 44.4. The fourth-order valence-electron chi connectivity index (χ4n) is 2.35. The van der Waals surface area contributed by atoms with Gasteiger partial charge in [-0.3, -0.25) is 4.90 Å². The fourth-order valence-corrected chi connectivity index (χ4v) is 2.35. The molecule has 0 fully saturated rings. The number of ether oxygens (including phenoxy) is 1. The molecule has 1 atom stereocenters. The van der Waals surface area contributed by atoms with Crippen molar-refractivity contribution in [3.8, 4) is 0 Å². The zero-order valence-electron chi connectivity index (χ0n) is 12.3. The molecule has 0 aromatic heterocycles. The number of hydrogen-bond donors (Lipinski definition) is 0. The molecule has 5 heteroatoms. The van der Waals surface area contributed by atoms with Gasteiger partial charge in [-0.1, -0.05) is 60.7 Å². The normalized spacial score (nSPS) is 13.3. The lowest BCUT2D eigenvalue weighted by molar-refractivity contribution is -0.263. The number of benzene rings is 2. The largest absolute Gasteiger partial charge is 0.428 e. The van der Waals surface area contributed by atoms with E-state index in [9.17, 15) is 13.2 Å². The lowest BCUT2D eigenvalue weighted by Gasteiger charge is -2.32. The Morgan fingerprint density at radius 1 is 0.864 bits per heavy atom. The van der Waals surface area contributed by atoms with Crippen molar-refractivity contribution >= 4 is 0 Å². The number of methoxy groups -OCH3 is 1. The molecule has 0 aliphatic heterocycles. The Hall–Kier alpha value is -1.85. The standard InChI is InChI=1S/C17H18F3NO/c1-22-16(17(18,19)20)21(12-14-8-4-2-5-9-14)13-15-10-6-3-7-11-15/h2-11,16H,12-13H2,1H3. The quantitative estimate of drug-likeness (QED) is 0.741. The average Bonchev–Trinajstić information content (AvgIpc) is 2.48. The first kappa shape index (κ1) is 16.5. The van der Waals surface area contributed by atoms with E-state index >= 15 is 0 Å². The first-order valence-electron chi connectivity index (χ1n) is 6.92. The van der Waals surface area contributed by atoms with E-state index in [1.165, 1.54) is 4.90 Å². The van der Waals surface area contributed by atoms with Crippen LogP contribution in [0.3, 0.4) is 0 Å². The van der Waals surface area contributed by atoms with E-state index in [-0.39, 0.29) is 13.1 Å². The van der Waals surface area contributed by atoms with Crippen molar-refractivity contribution in [3.05, 3.63) is 71.8 Å². The second-order valence-corrected chi connectivity index (χ2v) is 5.01. The summed E-state index contributed by atoms with van der Waals surface area (Å²) in [5, 5.41) is 0. The monoisotopic (exact) mass is 309 g/mol. The van der Waals surface area contributed by atoms with Gasteiger partial charge in [0.25, 0.3) is 0 Å². The molecule has 22 heavy (non-hydrogen) atoms. The average molecular weight is 309 g/mol. The lowest BCUT2D eigenvalue weighted by atomic mass is 10.1. The molecule has 0 bridgehead atoms. The molecule has 0 aliphatic carbocycles. The molecule has 0 N–H and O–H groups in total. The maximum atomic E-state index is 13.2. The highest BCUT2D eigenvalue weighted by Gasteiger charge is 2.44. The Morgan fingerprint density at radius 3 is 1.59 bits per heavy atom. The Kier molecular flexibility index (Phi) is 5.57. The zero-order valence-corrected chi connectivity index (χ0v) is 12.3. The van der Waals surface area contributed by atoms with Gasteiger partial charge in [-0.15, -0.1) is 0 Å². The van der Waals surface area contributed by atoms with Crippen molar-refractivity contribution in [2.45, 2.75) is 25.5 Å². The van der Waals surface area contributed by atoms with Crippen LogP contribution in [0.2, 0.25) is 0 Å². The van der Waals surface area contributed by atoms with Gasteiger partial charge >= 0.3 is 6.18 Å². The van der Waals surface area contributed by atoms with Crippen LogP contribution in [-0.4, -0.2) is 24.4 Å². The summed E-state index contributed by atoms with van der Waals surface area (Å²) in [6, 6.07) is 18.1. The van der Waals surface area contributed by atoms with Crippen LogP contribution < -0.4 is 0 Å². The summed E-state index contributed by atoms with van der Waals surface area (Å²) in [5.74, 6) is 0. The molecule has 2 aromatic rings. The summed E-state index contributed by atoms with van der Waals surface area (Å²) in [4.78, 5) is 1.28. The minimum atomic E-state index is -4.45. The molecule has 2 rings (SSSR count). The Labute approximate surface area is 128 Å². The summed E-state index contributed by atoms with van der Waals surface area (Å²) in [5.41, 5.74) is 1.62. The van der Waals surface area contributed by atoms with E-state index in [0.29, 0.717) is 0 Å². The van der Waals surface area contributed by atoms with Gasteiger partial charge in [-0.25, -0.2) is 0 Å². The lowest BCUT2D eigenvalue weighted by Crippen LogP contribution is -2.46. The maximum Gasteiger partial charge on any atom is 0.428 e. The smallest absolute Gasteiger partial charge is 0.357 e. The van der Waals surface area contributed by atoms with E-state index < -0.39 is 12.4 Å². The molecular formula is C17H18F3NO. The maximum absolute atomic E-state index is 13.2. The minimum Gasteiger partial charge on any atom is -0.357 e. The molecule has 0 amide bonds. The number of rotatable bonds is 6. The Morgan fingerprint density at radius 2 is 1.27 bits per heavy atom. The van der Waals surface area contributed by atoms with Crippen molar-refractivity contribution in [1.29, 1.82) is 0 Å². The van der Waals surface area contributed by atoms with Crippen LogP contribution in [0.4, 0.5) is 13.2 Å². The predicted molar refractivity (Wildman–Crippen MR) is 79.0 cm³/mol. The molecule has 0 heterocycles. The minimum absolute atomic E-state index is 0.160. The number of nitrogens with zero attached hydrogens (tertiary/aromatic N) is 1. The molecule has 2 aromatic carbocycles. The second kappa shape index (κ2) is 7.42. The van der Waals surface area contributed by atoms with Gasteiger partial charge < -0.3 is 4.74 Å². The molecule has 0 saturated heterocycles. The van der Waals surface area contributed by atoms with Crippen molar-refractivity contribution < 1.29 is 17.9 Å². The highest BCUT2D eigenvalue weighted by Crippen LogP contribution is 2.28. The van der Waals surface area contributed by atoms with Crippen LogP contribution in [0, 0.1) is 0 Å². The van der Waals surface area contributed by atoms with Crippen molar-refractivity contribution in [3.63, 3.8) is 0 Å². The van der Waals surface area contributed by atoms with E-state index in [4.69, 9.17) is 4.74 Å². The molecule has 118 valence electrons. The molecule has 1 unspecified atom stereocenters. The van der Waals surface area contributed by atoms with Gasteiger partial charge in [0.05, 0.1) is 0 Å². The number of alkyl halides is 3. The van der Waals surface area contributed by atoms with Gasteiger partial charge in [0.2, 0.25) is 6.23 Å². The fraction of sp³-hybridized carbons (Fsp3) is 0.294. The van der Waals surface area contributed by atoms with E-state index in [1.807, 2.05) is 36.4 Å². The van der Waals surface area contributed by atoms with Gasteiger partial charge in [-0.05, 0) is 11.1 Å². The highest BCUT2D eigenvalue weighted by atomic mass is 19.4. The third kappa shape index (κ3) is 4.58. The predicted octanol–water partition coefficient (Wildman–Crippen LogP) is 4.22. The summed E-state index contributed by atoms with van der Waals surface area (Å²) in [6.45, 7) is 0.321. The van der Waals surface area contributed by atoms with Crippen LogP contribution in [-0.2, 0) is 17.8 Å². The molecule has 0 radical (unpaired) electrons. The van der Waals surface area contributed by atoms with Crippen LogP contribution in [0.1, 0.15) is 11.1 Å². The zero-order chi connectivity index (χ0) is 16.0. The van der Waals surface area contributed by atoms with Crippen LogP contribution >= 0.6 is 0 Å². The second-order valence-electron chi connectivity index (χ2n) is 5.01. The molecule has 0 aliphatic rings. The molecular weight excluding hydrogens is 291 g/mol. The summed E-state index contributed by atoms with van der Waals surface area (Å²) in [7, 11) is 1.08. The van der Waals surface area contributed by atoms with Crippen molar-refractivity contribution in [2.24, 2.45) is 0 Å². The third-order valence-electron chi connectivity index (χ3n) is 3.29. The van der Waals surface area contributed by atoms with Gasteiger partial charge in [-0.2, -0.15) is 13.2 Å². The molecule has 0 spiro atoms. The molecule has 0 saturated carbocycles. The topological polar surface area (TPSA) is 12.5 Å². The highest BCUT2D eigenvalue weighted by molar-refractivity contribution is 5.17. The SMILES string of the molecule is COC(N(Cc1ccccc1)Cc1ccccc1)C(F)(F)F. The van der Waals surface area contributed by atoms with Crippen LogP contribution in [0.25, 0.3) is 0 Å². The van der Waals surface area contributed by atoms with Crippen LogP contribution in [0.5, 0.6) is 0 Å².